The number of amides is 1. The monoisotopic (exact) mass is 278 g/mol. The third-order valence-electron chi connectivity index (χ3n) is 2.75. The second kappa shape index (κ2) is 5.75. The molecule has 0 saturated heterocycles. The number of nitrogen functional groups attached to an aromatic ring is 1. The molecule has 0 aliphatic heterocycles. The molecule has 100 valence electrons. The van der Waals surface area contributed by atoms with Crippen LogP contribution in [0.1, 0.15) is 5.56 Å². The van der Waals surface area contributed by atoms with E-state index < -0.39 is 0 Å². The van der Waals surface area contributed by atoms with E-state index in [1.54, 1.807) is 24.2 Å². The van der Waals surface area contributed by atoms with Gasteiger partial charge in [0.1, 0.15) is 12.4 Å². The Labute approximate surface area is 116 Å². The molecule has 0 fully saturated rings. The number of anilines is 1. The Kier molecular flexibility index (Phi) is 4.06. The van der Waals surface area contributed by atoms with Gasteiger partial charge in [0, 0.05) is 24.8 Å². The normalized spacial score (nSPS) is 10.4. The van der Waals surface area contributed by atoms with Gasteiger partial charge in [0.15, 0.2) is 0 Å². The molecule has 0 radical (unpaired) electrons. The molecule has 0 aliphatic carbocycles. The number of nitrogens with two attached hydrogens (primary N) is 1. The Balaban J connectivity index is 1.98. The number of carbonyl (C=O) groups excluding carboxylic acids is 1. The van der Waals surface area contributed by atoms with Crippen LogP contribution in [0, 0.1) is 0 Å². The van der Waals surface area contributed by atoms with Crippen molar-refractivity contribution in [2.75, 3.05) is 12.8 Å². The molecule has 5 nitrogen and oxygen atoms in total. The van der Waals surface area contributed by atoms with E-state index in [-0.39, 0.29) is 12.5 Å². The van der Waals surface area contributed by atoms with E-state index in [4.69, 9.17) is 17.3 Å². The number of hydrogen-bond donors (Lipinski definition) is 1. The van der Waals surface area contributed by atoms with E-state index in [1.165, 1.54) is 4.68 Å². The molecule has 0 atom stereocenters. The lowest BCUT2D eigenvalue weighted by molar-refractivity contribution is -0.131. The number of likely N-dealkylation sites (N-methyl/N-ethyl adjacent to an activating group) is 1. The van der Waals surface area contributed by atoms with Gasteiger partial charge in [0.25, 0.3) is 0 Å². The van der Waals surface area contributed by atoms with Crippen molar-refractivity contribution >= 4 is 23.3 Å². The first-order chi connectivity index (χ1) is 9.06. The fraction of sp³-hybridized carbons (Fsp3) is 0.231. The van der Waals surface area contributed by atoms with Crippen molar-refractivity contribution in [2.45, 2.75) is 13.1 Å². The van der Waals surface area contributed by atoms with E-state index in [9.17, 15) is 4.79 Å². The minimum Gasteiger partial charge on any atom is -0.382 e. The zero-order valence-corrected chi connectivity index (χ0v) is 11.3. The van der Waals surface area contributed by atoms with Crippen LogP contribution in [-0.4, -0.2) is 27.6 Å². The molecular weight excluding hydrogens is 264 g/mol. The van der Waals surface area contributed by atoms with E-state index in [2.05, 4.69) is 5.10 Å². The highest BCUT2D eigenvalue weighted by Crippen LogP contribution is 2.16. The van der Waals surface area contributed by atoms with Crippen LogP contribution in [-0.2, 0) is 17.9 Å². The Morgan fingerprint density at radius 3 is 2.79 bits per heavy atom. The summed E-state index contributed by atoms with van der Waals surface area (Å²) in [5.41, 5.74) is 6.42. The van der Waals surface area contributed by atoms with Crippen molar-refractivity contribution in [3.8, 4) is 0 Å². The summed E-state index contributed by atoms with van der Waals surface area (Å²) in [5.74, 6) is 0.351. The number of rotatable bonds is 4. The van der Waals surface area contributed by atoms with Gasteiger partial charge in [-0.2, -0.15) is 5.10 Å². The number of hydrogen-bond acceptors (Lipinski definition) is 3. The molecule has 0 aliphatic rings. The molecule has 2 N–H and O–H groups in total. The lowest BCUT2D eigenvalue weighted by Crippen LogP contribution is -2.30. The van der Waals surface area contributed by atoms with E-state index >= 15 is 0 Å². The van der Waals surface area contributed by atoms with Gasteiger partial charge in [-0.3, -0.25) is 9.48 Å². The number of benzene rings is 1. The molecule has 0 bridgehead atoms. The van der Waals surface area contributed by atoms with Crippen molar-refractivity contribution in [3.05, 3.63) is 47.1 Å². The molecule has 1 aromatic carbocycles. The highest BCUT2D eigenvalue weighted by Gasteiger charge is 2.12. The van der Waals surface area contributed by atoms with E-state index in [1.807, 2.05) is 24.3 Å². The van der Waals surface area contributed by atoms with Gasteiger partial charge >= 0.3 is 0 Å². The van der Waals surface area contributed by atoms with Crippen LogP contribution in [0.2, 0.25) is 5.02 Å². The molecule has 19 heavy (non-hydrogen) atoms. The SMILES string of the molecule is CN(Cc1ccccc1Cl)C(=O)Cn1ccc(N)n1. The molecule has 2 rings (SSSR count). The molecular formula is C13H15ClN4O. The Morgan fingerprint density at radius 2 is 2.16 bits per heavy atom. The first-order valence-electron chi connectivity index (χ1n) is 5.82. The first-order valence-corrected chi connectivity index (χ1v) is 6.20. The summed E-state index contributed by atoms with van der Waals surface area (Å²) >= 11 is 6.06. The van der Waals surface area contributed by atoms with Crippen molar-refractivity contribution in [3.63, 3.8) is 0 Å². The topological polar surface area (TPSA) is 64.2 Å². The summed E-state index contributed by atoms with van der Waals surface area (Å²) in [4.78, 5) is 13.6. The summed E-state index contributed by atoms with van der Waals surface area (Å²) in [7, 11) is 1.73. The average Bonchev–Trinajstić information content (AvgIpc) is 2.77. The summed E-state index contributed by atoms with van der Waals surface area (Å²) in [5, 5.41) is 4.64. The highest BCUT2D eigenvalue weighted by atomic mass is 35.5. The molecule has 1 heterocycles. The van der Waals surface area contributed by atoms with Gasteiger partial charge in [0.2, 0.25) is 5.91 Å². The summed E-state index contributed by atoms with van der Waals surface area (Å²) in [6, 6.07) is 9.12. The maximum absolute atomic E-state index is 12.0. The fourth-order valence-electron chi connectivity index (χ4n) is 1.70. The van der Waals surface area contributed by atoms with Gasteiger partial charge in [-0.05, 0) is 17.7 Å². The van der Waals surface area contributed by atoms with Crippen molar-refractivity contribution < 1.29 is 4.79 Å². The Bertz CT molecular complexity index is 582. The predicted octanol–water partition coefficient (Wildman–Crippen LogP) is 1.78. The molecule has 1 aromatic heterocycles. The van der Waals surface area contributed by atoms with E-state index in [0.717, 1.165) is 5.56 Å². The fourth-order valence-corrected chi connectivity index (χ4v) is 1.89. The first kappa shape index (κ1) is 13.4. The maximum atomic E-state index is 12.0. The van der Waals surface area contributed by atoms with Gasteiger partial charge in [0.05, 0.1) is 0 Å². The van der Waals surface area contributed by atoms with Crippen molar-refractivity contribution in [2.24, 2.45) is 0 Å². The zero-order chi connectivity index (χ0) is 13.8. The van der Waals surface area contributed by atoms with Crippen molar-refractivity contribution in [1.29, 1.82) is 0 Å². The lowest BCUT2D eigenvalue weighted by atomic mass is 10.2. The van der Waals surface area contributed by atoms with Crippen LogP contribution in [0.15, 0.2) is 36.5 Å². The Morgan fingerprint density at radius 1 is 1.42 bits per heavy atom. The summed E-state index contributed by atoms with van der Waals surface area (Å²) < 4.78 is 1.51. The van der Waals surface area contributed by atoms with Gasteiger partial charge in [-0.25, -0.2) is 0 Å². The minimum absolute atomic E-state index is 0.0528. The molecule has 0 spiro atoms. The van der Waals surface area contributed by atoms with E-state index in [0.29, 0.717) is 17.4 Å². The number of nitrogens with zero attached hydrogens (tertiary/aromatic N) is 3. The molecule has 1 amide bonds. The zero-order valence-electron chi connectivity index (χ0n) is 10.6. The maximum Gasteiger partial charge on any atom is 0.244 e. The Hall–Kier alpha value is -2.01. The second-order valence-electron chi connectivity index (χ2n) is 4.28. The van der Waals surface area contributed by atoms with Crippen LogP contribution in [0.3, 0.4) is 0 Å². The smallest absolute Gasteiger partial charge is 0.244 e. The summed E-state index contributed by atoms with van der Waals surface area (Å²) in [6.07, 6.45) is 1.68. The van der Waals surface area contributed by atoms with Gasteiger partial charge in [-0.1, -0.05) is 29.8 Å². The number of aromatic nitrogens is 2. The second-order valence-corrected chi connectivity index (χ2v) is 4.69. The molecule has 0 unspecified atom stereocenters. The van der Waals surface area contributed by atoms with Crippen LogP contribution in [0.5, 0.6) is 0 Å². The molecule has 2 aromatic rings. The number of halogens is 1. The predicted molar refractivity (Wildman–Crippen MR) is 74.6 cm³/mol. The molecule has 6 heteroatoms. The molecule has 0 saturated carbocycles. The largest absolute Gasteiger partial charge is 0.382 e. The number of carbonyl (C=O) groups is 1. The van der Waals surface area contributed by atoms with Gasteiger partial charge in [-0.15, -0.1) is 0 Å². The average molecular weight is 279 g/mol. The van der Waals surface area contributed by atoms with Crippen molar-refractivity contribution in [1.82, 2.24) is 14.7 Å². The van der Waals surface area contributed by atoms with Crippen LogP contribution in [0.25, 0.3) is 0 Å². The minimum atomic E-state index is -0.0528. The standard InChI is InChI=1S/C13H15ClN4O/c1-17(8-10-4-2-3-5-11(10)14)13(19)9-18-7-6-12(15)16-18/h2-7H,8-9H2,1H3,(H2,15,16). The third kappa shape index (κ3) is 3.48. The van der Waals surface area contributed by atoms with Crippen LogP contribution >= 0.6 is 11.6 Å². The quantitative estimate of drug-likeness (QED) is 0.927. The lowest BCUT2D eigenvalue weighted by Gasteiger charge is -2.18. The van der Waals surface area contributed by atoms with Crippen LogP contribution < -0.4 is 5.73 Å². The summed E-state index contributed by atoms with van der Waals surface area (Å²) in [6.45, 7) is 0.632. The highest BCUT2D eigenvalue weighted by molar-refractivity contribution is 6.31. The van der Waals surface area contributed by atoms with Gasteiger partial charge < -0.3 is 10.6 Å². The third-order valence-corrected chi connectivity index (χ3v) is 3.12. The van der Waals surface area contributed by atoms with Crippen LogP contribution in [0.4, 0.5) is 5.82 Å².